The molecule has 3 aliphatic rings. The Bertz CT molecular complexity index is 665. The molecule has 1 aromatic heterocycles. The number of pyridine rings is 1. The number of halogens is 1. The predicted molar refractivity (Wildman–Crippen MR) is 79.4 cm³/mol. The zero-order valence-electron chi connectivity index (χ0n) is 12.2. The Balaban J connectivity index is 1.70. The van der Waals surface area contributed by atoms with Gasteiger partial charge in [0, 0.05) is 12.7 Å². The highest BCUT2D eigenvalue weighted by Gasteiger charge is 2.49. The van der Waals surface area contributed by atoms with Gasteiger partial charge in [-0.3, -0.25) is 10.1 Å². The Morgan fingerprint density at radius 1 is 1.39 bits per heavy atom. The van der Waals surface area contributed by atoms with Gasteiger partial charge in [-0.15, -0.1) is 0 Å². The SMILES string of the molecule is O=[N+]([O-])C1=C2N(Cc3ccc(Cl)nc3)COCN2C2CCC1O2. The van der Waals surface area contributed by atoms with Crippen molar-refractivity contribution in [3.63, 3.8) is 0 Å². The average molecular weight is 339 g/mol. The van der Waals surface area contributed by atoms with Crippen LogP contribution in [0.5, 0.6) is 0 Å². The van der Waals surface area contributed by atoms with Crippen LogP contribution in [0.1, 0.15) is 18.4 Å². The smallest absolute Gasteiger partial charge is 0.314 e. The van der Waals surface area contributed by atoms with Gasteiger partial charge in [0.25, 0.3) is 0 Å². The molecule has 0 aliphatic carbocycles. The van der Waals surface area contributed by atoms with Gasteiger partial charge in [-0.2, -0.15) is 0 Å². The third-order valence-corrected chi connectivity index (χ3v) is 4.51. The van der Waals surface area contributed by atoms with Crippen molar-refractivity contribution >= 4 is 11.6 Å². The number of nitro groups is 1. The summed E-state index contributed by atoms with van der Waals surface area (Å²) in [5.74, 6) is 0.606. The fraction of sp³-hybridized carbons (Fsp3) is 0.500. The molecular formula is C14H15ClN4O4. The largest absolute Gasteiger partial charge is 0.344 e. The molecule has 4 rings (SSSR count). The van der Waals surface area contributed by atoms with Crippen molar-refractivity contribution in [3.8, 4) is 0 Å². The fourth-order valence-corrected chi connectivity index (χ4v) is 3.43. The van der Waals surface area contributed by atoms with Crippen molar-refractivity contribution in [2.45, 2.75) is 31.7 Å². The fourth-order valence-electron chi connectivity index (χ4n) is 3.32. The predicted octanol–water partition coefficient (Wildman–Crippen LogP) is 1.75. The summed E-state index contributed by atoms with van der Waals surface area (Å²) in [5.41, 5.74) is 1.04. The van der Waals surface area contributed by atoms with Crippen LogP contribution in [-0.2, 0) is 16.0 Å². The first kappa shape index (κ1) is 14.7. The lowest BCUT2D eigenvalue weighted by Crippen LogP contribution is -2.52. The summed E-state index contributed by atoms with van der Waals surface area (Å²) >= 11 is 5.80. The van der Waals surface area contributed by atoms with E-state index in [0.29, 0.717) is 37.4 Å². The van der Waals surface area contributed by atoms with Crippen LogP contribution >= 0.6 is 11.6 Å². The normalized spacial score (nSPS) is 26.5. The van der Waals surface area contributed by atoms with E-state index in [1.165, 1.54) is 0 Å². The number of fused-ring (bicyclic) bond motifs is 4. The highest BCUT2D eigenvalue weighted by molar-refractivity contribution is 6.29. The number of ether oxygens (including phenoxy) is 2. The van der Waals surface area contributed by atoms with E-state index < -0.39 is 6.10 Å². The van der Waals surface area contributed by atoms with E-state index in [1.54, 1.807) is 12.3 Å². The van der Waals surface area contributed by atoms with Gasteiger partial charge in [-0.1, -0.05) is 17.7 Å². The Morgan fingerprint density at radius 3 is 3.00 bits per heavy atom. The minimum Gasteiger partial charge on any atom is -0.344 e. The van der Waals surface area contributed by atoms with Crippen LogP contribution in [-0.4, -0.2) is 45.5 Å². The molecule has 3 aliphatic heterocycles. The first-order valence-corrected chi connectivity index (χ1v) is 7.75. The third kappa shape index (κ3) is 2.52. The van der Waals surface area contributed by atoms with Gasteiger partial charge in [-0.05, 0) is 24.5 Å². The van der Waals surface area contributed by atoms with Gasteiger partial charge < -0.3 is 19.3 Å². The second kappa shape index (κ2) is 5.63. The van der Waals surface area contributed by atoms with E-state index in [-0.39, 0.29) is 16.8 Å². The zero-order valence-corrected chi connectivity index (χ0v) is 13.0. The monoisotopic (exact) mass is 338 g/mol. The number of hydrogen-bond acceptors (Lipinski definition) is 7. The molecule has 2 unspecified atom stereocenters. The maximum Gasteiger partial charge on any atom is 0.314 e. The van der Waals surface area contributed by atoms with E-state index in [0.717, 1.165) is 12.0 Å². The van der Waals surface area contributed by atoms with Gasteiger partial charge in [0.2, 0.25) is 0 Å². The molecule has 0 saturated carbocycles. The zero-order chi connectivity index (χ0) is 16.0. The van der Waals surface area contributed by atoms with E-state index in [2.05, 4.69) is 4.98 Å². The van der Waals surface area contributed by atoms with E-state index in [1.807, 2.05) is 15.9 Å². The maximum atomic E-state index is 11.6. The van der Waals surface area contributed by atoms with Gasteiger partial charge >= 0.3 is 5.70 Å². The Morgan fingerprint density at radius 2 is 2.26 bits per heavy atom. The lowest BCUT2D eigenvalue weighted by molar-refractivity contribution is -0.446. The van der Waals surface area contributed by atoms with Crippen LogP contribution in [0.4, 0.5) is 0 Å². The summed E-state index contributed by atoms with van der Waals surface area (Å²) in [6, 6.07) is 3.56. The summed E-state index contributed by atoms with van der Waals surface area (Å²) in [5, 5.41) is 12.0. The quantitative estimate of drug-likeness (QED) is 0.472. The van der Waals surface area contributed by atoms with Crippen LogP contribution in [0.3, 0.4) is 0 Å². The van der Waals surface area contributed by atoms with Gasteiger partial charge in [0.15, 0.2) is 11.9 Å². The van der Waals surface area contributed by atoms with Crippen molar-refractivity contribution in [2.75, 3.05) is 13.5 Å². The Hall–Kier alpha value is -1.90. The molecule has 2 saturated heterocycles. The van der Waals surface area contributed by atoms with Gasteiger partial charge in [-0.25, -0.2) is 4.98 Å². The summed E-state index contributed by atoms with van der Waals surface area (Å²) in [6.07, 6.45) is 2.51. The molecule has 0 spiro atoms. The second-order valence-electron chi connectivity index (χ2n) is 5.74. The van der Waals surface area contributed by atoms with Gasteiger partial charge in [0.05, 0.1) is 4.92 Å². The molecular weight excluding hydrogens is 324 g/mol. The number of hydrogen-bond donors (Lipinski definition) is 0. The standard InChI is InChI=1S/C14H15ClN4O4/c15-11-3-1-9(5-16-11)6-17-7-22-8-18-12-4-2-10(23-12)13(14(17)18)19(20)21/h1,3,5,10,12H,2,4,6-8H2. The molecule has 0 radical (unpaired) electrons. The molecule has 0 aromatic carbocycles. The lowest BCUT2D eigenvalue weighted by Gasteiger charge is -2.44. The second-order valence-corrected chi connectivity index (χ2v) is 6.13. The van der Waals surface area contributed by atoms with Crippen molar-refractivity contribution in [1.29, 1.82) is 0 Å². The lowest BCUT2D eigenvalue weighted by atomic mass is 10.2. The van der Waals surface area contributed by atoms with Crippen LogP contribution in [0.2, 0.25) is 5.15 Å². The number of aromatic nitrogens is 1. The molecule has 122 valence electrons. The molecule has 23 heavy (non-hydrogen) atoms. The van der Waals surface area contributed by atoms with Crippen LogP contribution in [0, 0.1) is 10.1 Å². The minimum atomic E-state index is -0.440. The molecule has 2 fully saturated rings. The van der Waals surface area contributed by atoms with E-state index in [9.17, 15) is 10.1 Å². The molecule has 1 aromatic rings. The minimum absolute atomic E-state index is 0.129. The van der Waals surface area contributed by atoms with E-state index in [4.69, 9.17) is 21.1 Å². The van der Waals surface area contributed by atoms with E-state index >= 15 is 0 Å². The Kier molecular flexibility index (Phi) is 3.59. The van der Waals surface area contributed by atoms with Crippen molar-refractivity contribution in [2.24, 2.45) is 0 Å². The molecule has 4 heterocycles. The topological polar surface area (TPSA) is 81.0 Å². The number of nitrogens with zero attached hydrogens (tertiary/aromatic N) is 4. The molecule has 9 heteroatoms. The van der Waals surface area contributed by atoms with Crippen LogP contribution < -0.4 is 0 Å². The number of rotatable bonds is 3. The Labute approximate surface area is 137 Å². The molecule has 0 amide bonds. The van der Waals surface area contributed by atoms with Crippen molar-refractivity contribution in [1.82, 2.24) is 14.8 Å². The maximum absolute atomic E-state index is 11.6. The highest BCUT2D eigenvalue weighted by atomic mass is 35.5. The van der Waals surface area contributed by atoms with Gasteiger partial charge in [0.1, 0.15) is 24.8 Å². The average Bonchev–Trinajstić information content (AvgIpc) is 2.94. The molecule has 0 N–H and O–H groups in total. The summed E-state index contributed by atoms with van der Waals surface area (Å²) in [6.45, 7) is 1.07. The van der Waals surface area contributed by atoms with Crippen molar-refractivity contribution < 1.29 is 14.4 Å². The van der Waals surface area contributed by atoms with Crippen LogP contribution in [0.15, 0.2) is 29.8 Å². The summed E-state index contributed by atoms with van der Waals surface area (Å²) in [7, 11) is 0. The summed E-state index contributed by atoms with van der Waals surface area (Å²) < 4.78 is 11.3. The molecule has 2 bridgehead atoms. The molecule has 8 nitrogen and oxygen atoms in total. The first-order chi connectivity index (χ1) is 11.1. The van der Waals surface area contributed by atoms with Crippen molar-refractivity contribution in [3.05, 3.63) is 50.7 Å². The molecule has 2 atom stereocenters. The third-order valence-electron chi connectivity index (χ3n) is 4.29. The highest BCUT2D eigenvalue weighted by Crippen LogP contribution is 2.40. The summed E-state index contributed by atoms with van der Waals surface area (Å²) in [4.78, 5) is 19.0. The van der Waals surface area contributed by atoms with Crippen LogP contribution in [0.25, 0.3) is 0 Å². The first-order valence-electron chi connectivity index (χ1n) is 7.37.